The molecule has 0 spiro atoms. The Labute approximate surface area is 102 Å². The summed E-state index contributed by atoms with van der Waals surface area (Å²) in [6.45, 7) is 4.24. The molecule has 1 aliphatic heterocycles. The zero-order chi connectivity index (χ0) is 12.4. The van der Waals surface area contributed by atoms with Crippen molar-refractivity contribution in [1.29, 1.82) is 0 Å². The van der Waals surface area contributed by atoms with Gasteiger partial charge in [-0.1, -0.05) is 6.92 Å². The molecule has 1 aromatic heterocycles. The van der Waals surface area contributed by atoms with E-state index in [2.05, 4.69) is 18.8 Å². The molecule has 2 unspecified atom stereocenters. The number of pyridine rings is 1. The van der Waals surface area contributed by atoms with E-state index < -0.39 is 0 Å². The second-order valence-corrected chi connectivity index (χ2v) is 4.67. The number of aromatic nitrogens is 1. The number of nitrogen functional groups attached to an aromatic ring is 1. The van der Waals surface area contributed by atoms with Gasteiger partial charge in [0.1, 0.15) is 5.82 Å². The Hall–Kier alpha value is -1.58. The standard InChI is InChI=1S/C13H19N3O/c1-3-11-6-4-9(2)16(11)13(17)10-5-7-12(14)15-8-10/h5,7-9,11H,3-4,6H2,1-2H3,(H2,14,15). The molecule has 4 nitrogen and oxygen atoms in total. The van der Waals surface area contributed by atoms with Gasteiger partial charge in [0, 0.05) is 18.3 Å². The molecule has 1 amide bonds. The molecule has 2 heterocycles. The Bertz CT molecular complexity index is 402. The van der Waals surface area contributed by atoms with Crippen LogP contribution < -0.4 is 5.73 Å². The molecule has 0 saturated carbocycles. The molecule has 2 rings (SSSR count). The van der Waals surface area contributed by atoms with Gasteiger partial charge in [-0.15, -0.1) is 0 Å². The first-order valence-electron chi connectivity index (χ1n) is 6.17. The highest BCUT2D eigenvalue weighted by Crippen LogP contribution is 2.27. The van der Waals surface area contributed by atoms with Gasteiger partial charge in [0.05, 0.1) is 5.56 Å². The number of hydrogen-bond acceptors (Lipinski definition) is 3. The number of likely N-dealkylation sites (tertiary alicyclic amines) is 1. The monoisotopic (exact) mass is 233 g/mol. The van der Waals surface area contributed by atoms with Crippen molar-refractivity contribution in [2.24, 2.45) is 0 Å². The van der Waals surface area contributed by atoms with E-state index in [4.69, 9.17) is 5.73 Å². The minimum atomic E-state index is 0.0781. The highest BCUT2D eigenvalue weighted by molar-refractivity contribution is 5.94. The first-order chi connectivity index (χ1) is 8.13. The van der Waals surface area contributed by atoms with Gasteiger partial charge in [-0.3, -0.25) is 4.79 Å². The van der Waals surface area contributed by atoms with Crippen molar-refractivity contribution in [1.82, 2.24) is 9.88 Å². The lowest BCUT2D eigenvalue weighted by molar-refractivity contribution is 0.0676. The van der Waals surface area contributed by atoms with Gasteiger partial charge in [0.25, 0.3) is 5.91 Å². The van der Waals surface area contributed by atoms with Crippen molar-refractivity contribution in [3.05, 3.63) is 23.9 Å². The van der Waals surface area contributed by atoms with Crippen molar-refractivity contribution >= 4 is 11.7 Å². The Morgan fingerprint density at radius 2 is 2.29 bits per heavy atom. The smallest absolute Gasteiger partial charge is 0.255 e. The lowest BCUT2D eigenvalue weighted by Gasteiger charge is -2.28. The van der Waals surface area contributed by atoms with Gasteiger partial charge in [0.2, 0.25) is 0 Å². The molecule has 2 N–H and O–H groups in total. The molecule has 2 atom stereocenters. The van der Waals surface area contributed by atoms with E-state index in [-0.39, 0.29) is 5.91 Å². The van der Waals surface area contributed by atoms with E-state index in [1.807, 2.05) is 4.90 Å². The summed E-state index contributed by atoms with van der Waals surface area (Å²) in [6, 6.07) is 4.12. The summed E-state index contributed by atoms with van der Waals surface area (Å²) < 4.78 is 0. The number of rotatable bonds is 2. The van der Waals surface area contributed by atoms with E-state index in [1.54, 1.807) is 18.3 Å². The minimum Gasteiger partial charge on any atom is -0.384 e. The van der Waals surface area contributed by atoms with Crippen molar-refractivity contribution in [3.8, 4) is 0 Å². The fourth-order valence-corrected chi connectivity index (χ4v) is 2.52. The lowest BCUT2D eigenvalue weighted by atomic mass is 10.1. The number of nitrogens with zero attached hydrogens (tertiary/aromatic N) is 2. The maximum atomic E-state index is 12.4. The topological polar surface area (TPSA) is 59.2 Å². The van der Waals surface area contributed by atoms with Crippen LogP contribution in [0.15, 0.2) is 18.3 Å². The Kier molecular flexibility index (Phi) is 3.31. The van der Waals surface area contributed by atoms with Gasteiger partial charge in [0.15, 0.2) is 0 Å². The third kappa shape index (κ3) is 2.25. The Balaban J connectivity index is 2.21. The third-order valence-corrected chi connectivity index (χ3v) is 3.52. The maximum absolute atomic E-state index is 12.4. The normalized spacial score (nSPS) is 24.0. The van der Waals surface area contributed by atoms with E-state index in [0.29, 0.717) is 23.5 Å². The molecule has 4 heteroatoms. The molecule has 1 fully saturated rings. The number of anilines is 1. The first kappa shape index (κ1) is 11.9. The second-order valence-electron chi connectivity index (χ2n) is 4.67. The average molecular weight is 233 g/mol. The first-order valence-corrected chi connectivity index (χ1v) is 6.17. The van der Waals surface area contributed by atoms with Crippen LogP contribution in [-0.2, 0) is 0 Å². The fraction of sp³-hybridized carbons (Fsp3) is 0.538. The molecule has 17 heavy (non-hydrogen) atoms. The van der Waals surface area contributed by atoms with Gasteiger partial charge in [-0.2, -0.15) is 0 Å². The van der Waals surface area contributed by atoms with Crippen molar-refractivity contribution in [2.45, 2.75) is 45.2 Å². The molecule has 0 aromatic carbocycles. The van der Waals surface area contributed by atoms with Crippen LogP contribution in [0.4, 0.5) is 5.82 Å². The van der Waals surface area contributed by atoms with E-state index in [1.165, 1.54) is 0 Å². The summed E-state index contributed by atoms with van der Waals surface area (Å²) in [5, 5.41) is 0. The number of carbonyl (C=O) groups is 1. The molecule has 92 valence electrons. The number of carbonyl (C=O) groups excluding carboxylic acids is 1. The van der Waals surface area contributed by atoms with E-state index in [0.717, 1.165) is 19.3 Å². The Morgan fingerprint density at radius 3 is 2.88 bits per heavy atom. The predicted octanol–water partition coefficient (Wildman–Crippen LogP) is 2.07. The van der Waals surface area contributed by atoms with Gasteiger partial charge in [-0.05, 0) is 38.3 Å². The molecule has 1 aromatic rings. The van der Waals surface area contributed by atoms with Crippen LogP contribution in [0, 0.1) is 0 Å². The largest absolute Gasteiger partial charge is 0.384 e. The van der Waals surface area contributed by atoms with Gasteiger partial charge < -0.3 is 10.6 Å². The third-order valence-electron chi connectivity index (χ3n) is 3.52. The minimum absolute atomic E-state index is 0.0781. The molecule has 1 saturated heterocycles. The number of amides is 1. The molecular formula is C13H19N3O. The number of nitrogens with two attached hydrogens (primary N) is 1. The van der Waals surface area contributed by atoms with E-state index in [9.17, 15) is 4.79 Å². The maximum Gasteiger partial charge on any atom is 0.255 e. The predicted molar refractivity (Wildman–Crippen MR) is 67.6 cm³/mol. The zero-order valence-corrected chi connectivity index (χ0v) is 10.4. The highest BCUT2D eigenvalue weighted by Gasteiger charge is 2.33. The summed E-state index contributed by atoms with van der Waals surface area (Å²) in [5.74, 6) is 0.525. The summed E-state index contributed by atoms with van der Waals surface area (Å²) in [5.41, 5.74) is 6.16. The zero-order valence-electron chi connectivity index (χ0n) is 10.4. The SMILES string of the molecule is CCC1CCC(C)N1C(=O)c1ccc(N)nc1. The fourth-order valence-electron chi connectivity index (χ4n) is 2.52. The van der Waals surface area contributed by atoms with Gasteiger partial charge in [-0.25, -0.2) is 4.98 Å². The van der Waals surface area contributed by atoms with Crippen LogP contribution in [0.1, 0.15) is 43.5 Å². The molecule has 1 aliphatic rings. The second kappa shape index (κ2) is 4.73. The number of hydrogen-bond donors (Lipinski definition) is 1. The molecule has 0 radical (unpaired) electrons. The van der Waals surface area contributed by atoms with Crippen LogP contribution in [0.3, 0.4) is 0 Å². The summed E-state index contributed by atoms with van der Waals surface area (Å²) in [7, 11) is 0. The molecule has 0 bridgehead atoms. The van der Waals surface area contributed by atoms with Crippen LogP contribution in [-0.4, -0.2) is 27.9 Å². The quantitative estimate of drug-likeness (QED) is 0.850. The summed E-state index contributed by atoms with van der Waals surface area (Å²) in [4.78, 5) is 18.4. The van der Waals surface area contributed by atoms with Crippen molar-refractivity contribution in [2.75, 3.05) is 5.73 Å². The highest BCUT2D eigenvalue weighted by atomic mass is 16.2. The molecular weight excluding hydrogens is 214 g/mol. The van der Waals surface area contributed by atoms with Crippen LogP contribution in [0.5, 0.6) is 0 Å². The van der Waals surface area contributed by atoms with E-state index >= 15 is 0 Å². The average Bonchev–Trinajstić information content (AvgIpc) is 2.70. The lowest BCUT2D eigenvalue weighted by Crippen LogP contribution is -2.39. The van der Waals surface area contributed by atoms with Gasteiger partial charge >= 0.3 is 0 Å². The summed E-state index contributed by atoms with van der Waals surface area (Å²) in [6.07, 6.45) is 4.77. The summed E-state index contributed by atoms with van der Waals surface area (Å²) >= 11 is 0. The van der Waals surface area contributed by atoms with Crippen LogP contribution >= 0.6 is 0 Å². The van der Waals surface area contributed by atoms with Crippen molar-refractivity contribution < 1.29 is 4.79 Å². The molecule has 0 aliphatic carbocycles. The Morgan fingerprint density at radius 1 is 1.53 bits per heavy atom. The van der Waals surface area contributed by atoms with Crippen molar-refractivity contribution in [3.63, 3.8) is 0 Å². The van der Waals surface area contributed by atoms with Crippen LogP contribution in [0.25, 0.3) is 0 Å². The van der Waals surface area contributed by atoms with Crippen LogP contribution in [0.2, 0.25) is 0 Å².